The van der Waals surface area contributed by atoms with Crippen molar-refractivity contribution in [2.75, 3.05) is 0 Å². The number of hydrogen-bond donors (Lipinski definition) is 0. The van der Waals surface area contributed by atoms with Gasteiger partial charge in [0.2, 0.25) is 0 Å². The molecule has 0 aliphatic heterocycles. The molecule has 0 aliphatic carbocycles. The Morgan fingerprint density at radius 1 is 0.438 bits per heavy atom. The van der Waals surface area contributed by atoms with Crippen LogP contribution in [0.25, 0.3) is 0 Å². The Kier molecular flexibility index (Phi) is 6.92. The van der Waals surface area contributed by atoms with Crippen LogP contribution in [0.2, 0.25) is 0 Å². The van der Waals surface area contributed by atoms with Gasteiger partial charge in [-0.15, -0.1) is 0 Å². The third-order valence-electron chi connectivity index (χ3n) is 0.643. The second-order valence-electron chi connectivity index (χ2n) is 1.99. The van der Waals surface area contributed by atoms with E-state index in [1.54, 1.807) is 0 Å². The van der Waals surface area contributed by atoms with Gasteiger partial charge in [-0.3, -0.25) is 0 Å². The van der Waals surface area contributed by atoms with Gasteiger partial charge in [0.25, 0.3) is 0 Å². The molecule has 0 spiro atoms. The van der Waals surface area contributed by atoms with Crippen molar-refractivity contribution >= 4 is 58.0 Å². The molecule has 12 heteroatoms. The van der Waals surface area contributed by atoms with E-state index >= 15 is 0 Å². The Morgan fingerprint density at radius 2 is 0.562 bits per heavy atom. The molecular weight excluding hydrogens is 358 g/mol. The third kappa shape index (κ3) is 8.11. The fraction of sp³-hybridized carbons (Fsp3) is 1.00. The number of alkyl halides is 12. The molecule has 0 aromatic rings. The largest absolute Gasteiger partial charge is 0.398 e. The minimum atomic E-state index is -4.66. The zero-order valence-corrected chi connectivity index (χ0v) is 10.3. The van der Waals surface area contributed by atoms with Crippen LogP contribution in [0.1, 0.15) is 0 Å². The molecule has 0 amide bonds. The van der Waals surface area contributed by atoms with Crippen LogP contribution in [0, 0.1) is 0 Å². The van der Waals surface area contributed by atoms with Crippen molar-refractivity contribution in [1.82, 2.24) is 0 Å². The van der Waals surface area contributed by atoms with E-state index in [9.17, 15) is 30.7 Å². The van der Waals surface area contributed by atoms with E-state index in [0.717, 1.165) is 0 Å². The Bertz CT molecular complexity index is 159. The number of halogens is 12. The summed E-state index contributed by atoms with van der Waals surface area (Å²) in [6, 6.07) is 0. The Morgan fingerprint density at radius 3 is 0.562 bits per heavy atom. The maximum absolute atomic E-state index is 11.5. The van der Waals surface area contributed by atoms with Crippen LogP contribution in [0.3, 0.4) is 0 Å². The molecule has 0 unspecified atom stereocenters. The normalized spacial score (nSPS) is 14.2. The summed E-state index contributed by atoms with van der Waals surface area (Å²) in [5, 5.41) is -13.5. The lowest BCUT2D eigenvalue weighted by Gasteiger charge is -2.13. The van der Waals surface area contributed by atoms with Crippen LogP contribution < -0.4 is 0 Å². The van der Waals surface area contributed by atoms with Gasteiger partial charge in [0.1, 0.15) is 0 Å². The Hall–Kier alpha value is 0.960. The van der Waals surface area contributed by atoms with E-state index in [2.05, 4.69) is 58.0 Å². The van der Waals surface area contributed by atoms with Gasteiger partial charge in [0.15, 0.2) is 0 Å². The van der Waals surface area contributed by atoms with E-state index in [1.807, 2.05) is 0 Å². The molecule has 0 nitrogen and oxygen atoms in total. The average molecular weight is 358 g/mol. The molecule has 0 aromatic carbocycles. The molecule has 0 saturated heterocycles. The molecule has 0 aromatic heterocycles. The zero-order chi connectivity index (χ0) is 14.0. The molecule has 0 aliphatic rings. The first-order valence-corrected chi connectivity index (χ1v) is 4.66. The summed E-state index contributed by atoms with van der Waals surface area (Å²) < 4.78 is 75.0. The van der Waals surface area contributed by atoms with Gasteiger partial charge in [-0.1, -0.05) is 23.2 Å². The highest BCUT2D eigenvalue weighted by Crippen LogP contribution is 2.42. The SMILES string of the molecule is FC(F)(Cl)C(F)(Cl)Cl.FC(F)(Cl)C(F)(F)Cl. The minimum Gasteiger partial charge on any atom is -0.199 e. The smallest absolute Gasteiger partial charge is 0.199 e. The van der Waals surface area contributed by atoms with E-state index in [1.165, 1.54) is 0 Å². The van der Waals surface area contributed by atoms with Crippen LogP contribution in [0.5, 0.6) is 0 Å². The van der Waals surface area contributed by atoms with E-state index < -0.39 is 20.7 Å². The number of hydrogen-bond acceptors (Lipinski definition) is 0. The average Bonchev–Trinajstić information content (AvgIpc) is 1.77. The van der Waals surface area contributed by atoms with Gasteiger partial charge in [0, 0.05) is 0 Å². The lowest BCUT2D eigenvalue weighted by Crippen LogP contribution is -2.28. The summed E-state index contributed by atoms with van der Waals surface area (Å²) in [5.41, 5.74) is 0. The summed E-state index contributed by atoms with van der Waals surface area (Å²) in [6.45, 7) is 0. The predicted octanol–water partition coefficient (Wildman–Crippen LogP) is 5.57. The van der Waals surface area contributed by atoms with E-state index in [0.29, 0.717) is 0 Å². The molecule has 0 radical (unpaired) electrons. The van der Waals surface area contributed by atoms with Crippen LogP contribution >= 0.6 is 58.0 Å². The quantitative estimate of drug-likeness (QED) is 0.447. The molecule has 0 bridgehead atoms. The van der Waals surface area contributed by atoms with Crippen LogP contribution in [0.4, 0.5) is 30.7 Å². The number of rotatable bonds is 2. The second kappa shape index (κ2) is 5.73. The molecule has 0 atom stereocenters. The van der Waals surface area contributed by atoms with Gasteiger partial charge < -0.3 is 0 Å². The maximum atomic E-state index is 11.5. The summed E-state index contributed by atoms with van der Waals surface area (Å²) in [6.07, 6.45) is 0. The highest BCUT2D eigenvalue weighted by molar-refractivity contribution is 6.51. The first-order valence-electron chi connectivity index (χ1n) is 2.77. The van der Waals surface area contributed by atoms with Crippen LogP contribution in [0.15, 0.2) is 0 Å². The molecule has 100 valence electrons. The second-order valence-corrected chi connectivity index (χ2v) is 4.65. The first kappa shape index (κ1) is 19.3. The van der Waals surface area contributed by atoms with E-state index in [-0.39, 0.29) is 0 Å². The molecule has 0 saturated carbocycles. The molecule has 0 heterocycles. The van der Waals surface area contributed by atoms with Gasteiger partial charge in [0.05, 0.1) is 0 Å². The van der Waals surface area contributed by atoms with E-state index in [4.69, 9.17) is 0 Å². The molecule has 16 heavy (non-hydrogen) atoms. The van der Waals surface area contributed by atoms with Crippen molar-refractivity contribution in [1.29, 1.82) is 0 Å². The molecule has 0 rings (SSSR count). The minimum absolute atomic E-state index is 3.69. The molecule has 0 fully saturated rings. The van der Waals surface area contributed by atoms with Crippen molar-refractivity contribution in [2.24, 2.45) is 0 Å². The van der Waals surface area contributed by atoms with Crippen molar-refractivity contribution in [2.45, 2.75) is 20.7 Å². The van der Waals surface area contributed by atoms with Crippen LogP contribution in [-0.4, -0.2) is 20.7 Å². The van der Waals surface area contributed by atoms with Gasteiger partial charge in [-0.25, -0.2) is 0 Å². The summed E-state index contributed by atoms with van der Waals surface area (Å²) >= 11 is 20.1. The fourth-order valence-electron chi connectivity index (χ4n) is 0. The highest BCUT2D eigenvalue weighted by Gasteiger charge is 2.53. The summed E-state index contributed by atoms with van der Waals surface area (Å²) in [5.74, 6) is 0. The summed E-state index contributed by atoms with van der Waals surface area (Å²) in [4.78, 5) is 0. The van der Waals surface area contributed by atoms with Crippen molar-refractivity contribution in [3.8, 4) is 0 Å². The zero-order valence-electron chi connectivity index (χ0n) is 6.54. The Labute approximate surface area is 110 Å². The van der Waals surface area contributed by atoms with Crippen molar-refractivity contribution < 1.29 is 30.7 Å². The highest BCUT2D eigenvalue weighted by atomic mass is 35.5. The Balaban J connectivity index is 0. The van der Waals surface area contributed by atoms with Gasteiger partial charge in [-0.05, 0) is 34.8 Å². The van der Waals surface area contributed by atoms with Crippen molar-refractivity contribution in [3.05, 3.63) is 0 Å². The van der Waals surface area contributed by atoms with Crippen molar-refractivity contribution in [3.63, 3.8) is 0 Å². The topological polar surface area (TPSA) is 0 Å². The van der Waals surface area contributed by atoms with Gasteiger partial charge in [-0.2, -0.15) is 30.7 Å². The van der Waals surface area contributed by atoms with Gasteiger partial charge >= 0.3 is 20.7 Å². The lowest BCUT2D eigenvalue weighted by molar-refractivity contribution is -0.0960. The predicted molar refractivity (Wildman–Crippen MR) is 47.9 cm³/mol. The molecule has 0 N–H and O–H groups in total. The summed E-state index contributed by atoms with van der Waals surface area (Å²) in [7, 11) is 0. The monoisotopic (exact) mass is 356 g/mol. The maximum Gasteiger partial charge on any atom is 0.398 e. The van der Waals surface area contributed by atoms with Crippen LogP contribution in [-0.2, 0) is 0 Å². The fourth-order valence-corrected chi connectivity index (χ4v) is 0. The molecular formula is C4Cl5F7. The third-order valence-corrected chi connectivity index (χ3v) is 2.14. The standard InChI is InChI=1S/C2Cl3F3.C2Cl2F4/c3-1(4,6)2(5,7)8;3-1(5,6)2(4,7)8. The first-order chi connectivity index (χ1) is 6.50. The lowest BCUT2D eigenvalue weighted by atomic mass is 10.7.